The maximum atomic E-state index is 5.46. The van der Waals surface area contributed by atoms with Gasteiger partial charge in [0.25, 0.3) is 0 Å². The van der Waals surface area contributed by atoms with Gasteiger partial charge in [-0.3, -0.25) is 0 Å². The molecular formula is C17H27NOS. The van der Waals surface area contributed by atoms with E-state index < -0.39 is 0 Å². The minimum atomic E-state index is 0.564. The Morgan fingerprint density at radius 2 is 1.90 bits per heavy atom. The topological polar surface area (TPSA) is 21.3 Å². The third-order valence-electron chi connectivity index (χ3n) is 3.07. The SMILES string of the molecule is C=CCOc1ccc(CNCCCCCCSC)cc1. The molecular weight excluding hydrogens is 266 g/mol. The Kier molecular flexibility index (Phi) is 10.2. The van der Waals surface area contributed by atoms with E-state index in [4.69, 9.17) is 4.74 Å². The molecule has 0 amide bonds. The molecule has 0 saturated heterocycles. The van der Waals surface area contributed by atoms with Crippen LogP contribution in [0.1, 0.15) is 31.2 Å². The van der Waals surface area contributed by atoms with Crippen LogP contribution in [0.4, 0.5) is 0 Å². The number of rotatable bonds is 12. The van der Waals surface area contributed by atoms with Crippen LogP contribution in [0, 0.1) is 0 Å². The molecule has 0 fully saturated rings. The van der Waals surface area contributed by atoms with Crippen molar-refractivity contribution in [1.29, 1.82) is 0 Å². The molecule has 1 N–H and O–H groups in total. The van der Waals surface area contributed by atoms with Crippen molar-refractivity contribution in [3.8, 4) is 5.75 Å². The molecule has 0 aliphatic rings. The van der Waals surface area contributed by atoms with Crippen molar-refractivity contribution in [3.05, 3.63) is 42.5 Å². The molecule has 1 aromatic carbocycles. The molecule has 112 valence electrons. The van der Waals surface area contributed by atoms with Crippen LogP contribution in [0.15, 0.2) is 36.9 Å². The first kappa shape index (κ1) is 17.1. The molecule has 2 nitrogen and oxygen atoms in total. The van der Waals surface area contributed by atoms with Crippen LogP contribution in [-0.2, 0) is 6.54 Å². The minimum absolute atomic E-state index is 0.564. The summed E-state index contributed by atoms with van der Waals surface area (Å²) >= 11 is 1.94. The maximum Gasteiger partial charge on any atom is 0.119 e. The van der Waals surface area contributed by atoms with Gasteiger partial charge in [0.05, 0.1) is 0 Å². The lowest BCUT2D eigenvalue weighted by Crippen LogP contribution is -2.14. The Bertz CT molecular complexity index is 351. The van der Waals surface area contributed by atoms with Crippen molar-refractivity contribution in [2.45, 2.75) is 32.2 Å². The van der Waals surface area contributed by atoms with Gasteiger partial charge >= 0.3 is 0 Å². The van der Waals surface area contributed by atoms with E-state index in [1.807, 2.05) is 23.9 Å². The van der Waals surface area contributed by atoms with E-state index in [1.165, 1.54) is 37.0 Å². The van der Waals surface area contributed by atoms with Gasteiger partial charge in [-0.25, -0.2) is 0 Å². The number of thioether (sulfide) groups is 1. The largest absolute Gasteiger partial charge is 0.490 e. The molecule has 0 aliphatic carbocycles. The van der Waals surface area contributed by atoms with Crippen molar-refractivity contribution in [3.63, 3.8) is 0 Å². The summed E-state index contributed by atoms with van der Waals surface area (Å²) in [6.45, 7) is 6.24. The lowest BCUT2D eigenvalue weighted by Gasteiger charge is -2.07. The average molecular weight is 293 g/mol. The van der Waals surface area contributed by atoms with E-state index in [0.717, 1.165) is 18.8 Å². The Morgan fingerprint density at radius 1 is 1.15 bits per heavy atom. The summed E-state index contributed by atoms with van der Waals surface area (Å²) in [5, 5.41) is 3.49. The van der Waals surface area contributed by atoms with Gasteiger partial charge in [-0.1, -0.05) is 37.6 Å². The Labute approximate surface area is 128 Å². The van der Waals surface area contributed by atoms with Gasteiger partial charge in [-0.2, -0.15) is 11.8 Å². The lowest BCUT2D eigenvalue weighted by molar-refractivity contribution is 0.363. The van der Waals surface area contributed by atoms with Gasteiger partial charge in [0.1, 0.15) is 12.4 Å². The number of hydrogen-bond acceptors (Lipinski definition) is 3. The Hall–Kier alpha value is -0.930. The quantitative estimate of drug-likeness (QED) is 0.459. The van der Waals surface area contributed by atoms with Crippen molar-refractivity contribution >= 4 is 11.8 Å². The Morgan fingerprint density at radius 3 is 2.60 bits per heavy atom. The monoisotopic (exact) mass is 293 g/mol. The molecule has 20 heavy (non-hydrogen) atoms. The molecule has 0 radical (unpaired) electrons. The van der Waals surface area contributed by atoms with Crippen LogP contribution >= 0.6 is 11.8 Å². The molecule has 0 heterocycles. The highest BCUT2D eigenvalue weighted by atomic mass is 32.2. The highest BCUT2D eigenvalue weighted by molar-refractivity contribution is 7.98. The van der Waals surface area contributed by atoms with E-state index in [1.54, 1.807) is 6.08 Å². The molecule has 1 aromatic rings. The van der Waals surface area contributed by atoms with Gasteiger partial charge in [0.2, 0.25) is 0 Å². The van der Waals surface area contributed by atoms with E-state index in [2.05, 4.69) is 30.3 Å². The van der Waals surface area contributed by atoms with E-state index in [0.29, 0.717) is 6.61 Å². The predicted molar refractivity (Wildman–Crippen MR) is 90.7 cm³/mol. The summed E-state index contributed by atoms with van der Waals surface area (Å²) < 4.78 is 5.46. The maximum absolute atomic E-state index is 5.46. The van der Waals surface area contributed by atoms with Gasteiger partial charge < -0.3 is 10.1 Å². The number of nitrogens with one attached hydrogen (secondary N) is 1. The highest BCUT2D eigenvalue weighted by Gasteiger charge is 1.95. The van der Waals surface area contributed by atoms with Gasteiger partial charge in [-0.15, -0.1) is 0 Å². The number of benzene rings is 1. The van der Waals surface area contributed by atoms with E-state index in [9.17, 15) is 0 Å². The third kappa shape index (κ3) is 8.28. The van der Waals surface area contributed by atoms with Crippen molar-refractivity contribution in [2.75, 3.05) is 25.2 Å². The van der Waals surface area contributed by atoms with Crippen molar-refractivity contribution in [1.82, 2.24) is 5.32 Å². The molecule has 0 bridgehead atoms. The Balaban J connectivity index is 2.05. The van der Waals surface area contributed by atoms with Crippen LogP contribution < -0.4 is 10.1 Å². The standard InChI is InChI=1S/C17H27NOS/c1-3-13-19-17-10-8-16(9-11-17)15-18-12-6-4-5-7-14-20-2/h3,8-11,18H,1,4-7,12-15H2,2H3. The zero-order chi connectivity index (χ0) is 14.5. The number of unbranched alkanes of at least 4 members (excludes halogenated alkanes) is 3. The summed E-state index contributed by atoms with van der Waals surface area (Å²) in [5.74, 6) is 2.20. The summed E-state index contributed by atoms with van der Waals surface area (Å²) in [6, 6.07) is 8.26. The second-order valence-electron chi connectivity index (χ2n) is 4.83. The minimum Gasteiger partial charge on any atom is -0.490 e. The molecule has 0 saturated carbocycles. The predicted octanol–water partition coefficient (Wildman–Crippen LogP) is 4.26. The summed E-state index contributed by atoms with van der Waals surface area (Å²) in [5.41, 5.74) is 1.30. The summed E-state index contributed by atoms with van der Waals surface area (Å²) in [7, 11) is 0. The average Bonchev–Trinajstić information content (AvgIpc) is 2.49. The molecule has 0 aliphatic heterocycles. The van der Waals surface area contributed by atoms with E-state index >= 15 is 0 Å². The van der Waals surface area contributed by atoms with Crippen molar-refractivity contribution < 1.29 is 4.74 Å². The van der Waals surface area contributed by atoms with Crippen LogP contribution in [0.25, 0.3) is 0 Å². The van der Waals surface area contributed by atoms with Gasteiger partial charge in [0, 0.05) is 6.54 Å². The number of hydrogen-bond donors (Lipinski definition) is 1. The highest BCUT2D eigenvalue weighted by Crippen LogP contribution is 2.12. The van der Waals surface area contributed by atoms with Gasteiger partial charge in [-0.05, 0) is 49.1 Å². The zero-order valence-corrected chi connectivity index (χ0v) is 13.4. The molecule has 1 rings (SSSR count). The second kappa shape index (κ2) is 11.9. The van der Waals surface area contributed by atoms with Crippen LogP contribution in [-0.4, -0.2) is 25.2 Å². The fourth-order valence-electron chi connectivity index (χ4n) is 1.94. The zero-order valence-electron chi connectivity index (χ0n) is 12.6. The lowest BCUT2D eigenvalue weighted by atomic mass is 10.2. The summed E-state index contributed by atoms with van der Waals surface area (Å²) in [4.78, 5) is 0. The number of ether oxygens (including phenoxy) is 1. The van der Waals surface area contributed by atoms with Gasteiger partial charge in [0.15, 0.2) is 0 Å². The van der Waals surface area contributed by atoms with Crippen molar-refractivity contribution in [2.24, 2.45) is 0 Å². The molecule has 0 unspecified atom stereocenters. The fourth-order valence-corrected chi connectivity index (χ4v) is 2.43. The molecule has 0 spiro atoms. The normalized spacial score (nSPS) is 10.4. The van der Waals surface area contributed by atoms with Crippen LogP contribution in [0.3, 0.4) is 0 Å². The second-order valence-corrected chi connectivity index (χ2v) is 5.81. The van der Waals surface area contributed by atoms with E-state index in [-0.39, 0.29) is 0 Å². The molecule has 3 heteroatoms. The fraction of sp³-hybridized carbons (Fsp3) is 0.529. The van der Waals surface area contributed by atoms with Crippen LogP contribution in [0.5, 0.6) is 5.75 Å². The molecule has 0 atom stereocenters. The van der Waals surface area contributed by atoms with Crippen LogP contribution in [0.2, 0.25) is 0 Å². The third-order valence-corrected chi connectivity index (χ3v) is 3.77. The first-order chi connectivity index (χ1) is 9.86. The summed E-state index contributed by atoms with van der Waals surface area (Å²) in [6.07, 6.45) is 9.26. The first-order valence-electron chi connectivity index (χ1n) is 7.39. The smallest absolute Gasteiger partial charge is 0.119 e. The first-order valence-corrected chi connectivity index (χ1v) is 8.78. The molecule has 0 aromatic heterocycles.